The Morgan fingerprint density at radius 2 is 1.79 bits per heavy atom. The third kappa shape index (κ3) is 4.05. The molecule has 0 spiro atoms. The summed E-state index contributed by atoms with van der Waals surface area (Å²) in [5.74, 6) is -0.653. The summed E-state index contributed by atoms with van der Waals surface area (Å²) in [6.07, 6.45) is -0.223. The summed E-state index contributed by atoms with van der Waals surface area (Å²) in [7, 11) is 0. The van der Waals surface area contributed by atoms with Crippen LogP contribution in [0, 0.1) is 5.82 Å². The first-order chi connectivity index (χ1) is 18.3. The minimum Gasteiger partial charge on any atom is -0.462 e. The second kappa shape index (κ2) is 9.40. The predicted molar refractivity (Wildman–Crippen MR) is 136 cm³/mol. The normalized spacial score (nSPS) is 18.2. The number of hydrogen-bond donors (Lipinski definition) is 0. The van der Waals surface area contributed by atoms with Gasteiger partial charge in [-0.05, 0) is 85.0 Å². The van der Waals surface area contributed by atoms with Crippen LogP contribution in [0.4, 0.5) is 23.4 Å². The highest BCUT2D eigenvalue weighted by Gasteiger charge is 2.43. The molecule has 0 saturated carbocycles. The highest BCUT2D eigenvalue weighted by molar-refractivity contribution is 6.03. The molecule has 0 bridgehead atoms. The average Bonchev–Trinajstić information content (AvgIpc) is 3.35. The summed E-state index contributed by atoms with van der Waals surface area (Å²) in [5.41, 5.74) is 4.56. The maximum atomic E-state index is 13.9. The number of benzene rings is 2. The zero-order valence-corrected chi connectivity index (χ0v) is 21.1. The van der Waals surface area contributed by atoms with E-state index in [2.05, 4.69) is 4.90 Å². The van der Waals surface area contributed by atoms with E-state index in [1.165, 1.54) is 18.2 Å². The van der Waals surface area contributed by atoms with Gasteiger partial charge in [-0.3, -0.25) is 0 Å². The van der Waals surface area contributed by atoms with Crippen LogP contribution in [0.3, 0.4) is 0 Å². The zero-order chi connectivity index (χ0) is 26.6. The van der Waals surface area contributed by atoms with Crippen molar-refractivity contribution in [2.75, 3.05) is 24.6 Å². The van der Waals surface area contributed by atoms with E-state index >= 15 is 0 Å². The van der Waals surface area contributed by atoms with Crippen molar-refractivity contribution in [3.63, 3.8) is 0 Å². The summed E-state index contributed by atoms with van der Waals surface area (Å²) >= 11 is 0. The fourth-order valence-corrected chi connectivity index (χ4v) is 6.49. The van der Waals surface area contributed by atoms with Crippen LogP contribution in [-0.2, 0) is 23.8 Å². The molecule has 6 rings (SSSR count). The summed E-state index contributed by atoms with van der Waals surface area (Å²) in [6.45, 7) is 3.39. The van der Waals surface area contributed by atoms with Crippen molar-refractivity contribution in [2.24, 2.45) is 0 Å². The Hall–Kier alpha value is -3.42. The van der Waals surface area contributed by atoms with Crippen molar-refractivity contribution in [2.45, 2.75) is 57.5 Å². The number of pyridine rings is 1. The number of esters is 1. The molecule has 2 aromatic carbocycles. The average molecular weight is 525 g/mol. The highest BCUT2D eigenvalue weighted by atomic mass is 19.4. The molecule has 1 aliphatic heterocycles. The number of anilines is 1. The Morgan fingerprint density at radius 1 is 1.05 bits per heavy atom. The number of rotatable bonds is 4. The van der Waals surface area contributed by atoms with E-state index in [9.17, 15) is 22.4 Å². The van der Waals surface area contributed by atoms with Crippen molar-refractivity contribution in [3.8, 4) is 11.1 Å². The van der Waals surface area contributed by atoms with E-state index < -0.39 is 23.5 Å². The molecule has 0 N–H and O–H groups in total. The smallest absolute Gasteiger partial charge is 0.416 e. The lowest BCUT2D eigenvalue weighted by molar-refractivity contribution is -0.138. The number of alkyl halides is 3. The lowest BCUT2D eigenvalue weighted by Gasteiger charge is -2.34. The van der Waals surface area contributed by atoms with Crippen LogP contribution in [-0.4, -0.2) is 30.6 Å². The standard InChI is InChI=1S/C30H28F4N2O2/c1-2-38-29(37)26-25(17-6-9-19(31)10-7-17)22-16-18-8-13-23(30(32,33)34)20-11-12-21(24(18)20)27(22)35-28(26)36-14-4-3-5-15-36/h6-10,13,21H,2-5,11-12,14-16H2,1H3. The number of hydrogen-bond acceptors (Lipinski definition) is 4. The molecule has 2 heterocycles. The van der Waals surface area contributed by atoms with E-state index in [0.717, 1.165) is 54.7 Å². The van der Waals surface area contributed by atoms with Crippen molar-refractivity contribution >= 4 is 11.8 Å². The molecule has 1 saturated heterocycles. The number of piperidine rings is 1. The lowest BCUT2D eigenvalue weighted by Crippen LogP contribution is -2.33. The molecule has 4 nitrogen and oxygen atoms in total. The van der Waals surface area contributed by atoms with Crippen LogP contribution >= 0.6 is 0 Å². The van der Waals surface area contributed by atoms with E-state index in [1.54, 1.807) is 25.1 Å². The van der Waals surface area contributed by atoms with Gasteiger partial charge in [-0.1, -0.05) is 18.2 Å². The lowest BCUT2D eigenvalue weighted by atomic mass is 9.77. The molecular formula is C30H28F4N2O2. The number of carbonyl (C=O) groups excluding carboxylic acids is 1. The van der Waals surface area contributed by atoms with Crippen LogP contribution in [0.1, 0.15) is 82.4 Å². The first-order valence-corrected chi connectivity index (χ1v) is 13.2. The van der Waals surface area contributed by atoms with E-state index in [-0.39, 0.29) is 12.5 Å². The SMILES string of the molecule is CCOC(=O)c1c(N2CCCCC2)nc2c(c1-c1ccc(F)cc1)Cc1ccc(C(F)(F)F)c3c1C2CC3. The van der Waals surface area contributed by atoms with Crippen LogP contribution in [0.15, 0.2) is 36.4 Å². The van der Waals surface area contributed by atoms with Gasteiger partial charge in [-0.25, -0.2) is 14.2 Å². The van der Waals surface area contributed by atoms with Gasteiger partial charge in [-0.15, -0.1) is 0 Å². The highest BCUT2D eigenvalue weighted by Crippen LogP contribution is 2.52. The topological polar surface area (TPSA) is 42.4 Å². The van der Waals surface area contributed by atoms with Gasteiger partial charge < -0.3 is 9.64 Å². The molecule has 1 atom stereocenters. The van der Waals surface area contributed by atoms with Crippen molar-refractivity contribution in [1.82, 2.24) is 4.98 Å². The quantitative estimate of drug-likeness (QED) is 0.271. The summed E-state index contributed by atoms with van der Waals surface area (Å²) in [5, 5.41) is 0. The minimum absolute atomic E-state index is 0.188. The molecule has 3 aliphatic rings. The molecule has 8 heteroatoms. The van der Waals surface area contributed by atoms with E-state index in [0.29, 0.717) is 47.3 Å². The summed E-state index contributed by atoms with van der Waals surface area (Å²) < 4.78 is 61.0. The van der Waals surface area contributed by atoms with Crippen molar-refractivity contribution in [1.29, 1.82) is 0 Å². The Labute approximate surface area is 218 Å². The summed E-state index contributed by atoms with van der Waals surface area (Å²) in [4.78, 5) is 20.7. The minimum atomic E-state index is -4.42. The summed E-state index contributed by atoms with van der Waals surface area (Å²) in [6, 6.07) is 8.77. The number of ether oxygens (including phenoxy) is 1. The van der Waals surface area contributed by atoms with E-state index in [4.69, 9.17) is 9.72 Å². The molecule has 38 heavy (non-hydrogen) atoms. The molecule has 3 aromatic rings. The number of fused-ring (bicyclic) bond motifs is 2. The van der Waals surface area contributed by atoms with E-state index in [1.807, 2.05) is 0 Å². The van der Waals surface area contributed by atoms with Gasteiger partial charge in [0.15, 0.2) is 0 Å². The molecule has 1 fully saturated rings. The molecule has 198 valence electrons. The first-order valence-electron chi connectivity index (χ1n) is 13.2. The van der Waals surface area contributed by atoms with Gasteiger partial charge >= 0.3 is 12.1 Å². The Balaban J connectivity index is 1.63. The number of aromatic nitrogens is 1. The van der Waals surface area contributed by atoms with Crippen LogP contribution < -0.4 is 4.90 Å². The van der Waals surface area contributed by atoms with Gasteiger partial charge in [0.2, 0.25) is 0 Å². The van der Waals surface area contributed by atoms with Gasteiger partial charge in [-0.2, -0.15) is 13.2 Å². The zero-order valence-electron chi connectivity index (χ0n) is 21.1. The third-order valence-electron chi connectivity index (χ3n) is 8.06. The maximum absolute atomic E-state index is 13.9. The molecule has 1 aromatic heterocycles. The third-order valence-corrected chi connectivity index (χ3v) is 8.06. The van der Waals surface area contributed by atoms with Crippen LogP contribution in [0.2, 0.25) is 0 Å². The predicted octanol–water partition coefficient (Wildman–Crippen LogP) is 7.06. The number of halogens is 4. The Kier molecular flexibility index (Phi) is 6.16. The fourth-order valence-electron chi connectivity index (χ4n) is 6.49. The van der Waals surface area contributed by atoms with Crippen molar-refractivity contribution in [3.05, 3.63) is 81.3 Å². The largest absolute Gasteiger partial charge is 0.462 e. The first kappa shape index (κ1) is 24.9. The Bertz CT molecular complexity index is 1410. The van der Waals surface area contributed by atoms with Gasteiger partial charge in [0.1, 0.15) is 17.2 Å². The molecule has 0 amide bonds. The monoisotopic (exact) mass is 524 g/mol. The molecule has 2 aliphatic carbocycles. The molecule has 0 radical (unpaired) electrons. The van der Waals surface area contributed by atoms with Gasteiger partial charge in [0.25, 0.3) is 0 Å². The van der Waals surface area contributed by atoms with Gasteiger partial charge in [0, 0.05) is 31.0 Å². The number of nitrogens with zero attached hydrogens (tertiary/aromatic N) is 2. The fraction of sp³-hybridized carbons (Fsp3) is 0.400. The maximum Gasteiger partial charge on any atom is 0.416 e. The van der Waals surface area contributed by atoms with Gasteiger partial charge in [0.05, 0.1) is 17.9 Å². The second-order valence-electron chi connectivity index (χ2n) is 10.3. The molecule has 1 unspecified atom stereocenters. The Morgan fingerprint density at radius 3 is 2.47 bits per heavy atom. The number of carbonyl (C=O) groups is 1. The second-order valence-corrected chi connectivity index (χ2v) is 10.3. The van der Waals surface area contributed by atoms with Crippen LogP contribution in [0.5, 0.6) is 0 Å². The van der Waals surface area contributed by atoms with Crippen LogP contribution in [0.25, 0.3) is 11.1 Å². The van der Waals surface area contributed by atoms with Crippen molar-refractivity contribution < 1.29 is 27.1 Å². The molecular weight excluding hydrogens is 496 g/mol.